The number of methoxy groups -OCH3 is 2. The molecule has 1 saturated heterocycles. The number of rotatable bonds is 11. The van der Waals surface area contributed by atoms with Crippen LogP contribution in [0.4, 0.5) is 21.9 Å². The van der Waals surface area contributed by atoms with Crippen molar-refractivity contribution < 1.29 is 23.8 Å². The molecule has 0 aliphatic carbocycles. The van der Waals surface area contributed by atoms with Gasteiger partial charge in [-0.1, -0.05) is 24.3 Å². The number of aromatic nitrogens is 1. The molecule has 0 radical (unpaired) electrons. The van der Waals surface area contributed by atoms with E-state index in [-0.39, 0.29) is 18.0 Å². The fourth-order valence-corrected chi connectivity index (χ4v) is 5.30. The predicted molar refractivity (Wildman–Crippen MR) is 220 cm³/mol. The summed E-state index contributed by atoms with van der Waals surface area (Å²) in [6.07, 6.45) is 11.1. The zero-order valence-electron chi connectivity index (χ0n) is 30.6. The first kappa shape index (κ1) is 41.6. The van der Waals surface area contributed by atoms with Crippen LogP contribution in [0.25, 0.3) is 10.9 Å². The Bertz CT molecular complexity index is 1780. The summed E-state index contributed by atoms with van der Waals surface area (Å²) in [4.78, 5) is 33.8. The van der Waals surface area contributed by atoms with Crippen LogP contribution in [0, 0.1) is 0 Å². The van der Waals surface area contributed by atoms with Crippen molar-refractivity contribution in [2.45, 2.75) is 32.7 Å². The van der Waals surface area contributed by atoms with Crippen LogP contribution in [0.1, 0.15) is 26.7 Å². The van der Waals surface area contributed by atoms with Crippen LogP contribution >= 0.6 is 23.3 Å². The van der Waals surface area contributed by atoms with Gasteiger partial charge in [-0.3, -0.25) is 9.78 Å². The molecule has 13 heteroatoms. The Morgan fingerprint density at radius 2 is 1.62 bits per heavy atom. The van der Waals surface area contributed by atoms with E-state index in [0.29, 0.717) is 39.9 Å². The first-order valence-electron chi connectivity index (χ1n) is 16.8. The van der Waals surface area contributed by atoms with Gasteiger partial charge in [0.05, 0.1) is 19.7 Å². The van der Waals surface area contributed by atoms with Crippen LogP contribution in [0.2, 0.25) is 0 Å². The predicted octanol–water partition coefficient (Wildman–Crippen LogP) is 8.23. The third-order valence-corrected chi connectivity index (χ3v) is 7.86. The summed E-state index contributed by atoms with van der Waals surface area (Å²) in [7, 11) is 7.09. The Labute approximate surface area is 317 Å². The molecule has 52 heavy (non-hydrogen) atoms. The van der Waals surface area contributed by atoms with Crippen LogP contribution in [0.3, 0.4) is 0 Å². The SMILES string of the molecule is C/C=C/C.COc1cc2nccc(Oc3cccc(NC(=O)Nc4ccc(N5CCCC(NC(=O)/C=C/CN(C)C)C5)cc4)c3)c2cc1OC.SS. The molecule has 1 atom stereocenters. The normalized spacial score (nSPS) is 13.9. The molecular formula is C39H50N6O5S2. The topological polar surface area (TPSA) is 117 Å². The molecule has 3 N–H and O–H groups in total. The Kier molecular flexibility index (Phi) is 17.7. The summed E-state index contributed by atoms with van der Waals surface area (Å²) in [6.45, 7) is 6.36. The molecule has 2 heterocycles. The molecule has 0 bridgehead atoms. The van der Waals surface area contributed by atoms with Gasteiger partial charge < -0.3 is 40.0 Å². The molecule has 1 aliphatic rings. The van der Waals surface area contributed by atoms with Gasteiger partial charge in [-0.05, 0) is 89.3 Å². The van der Waals surface area contributed by atoms with E-state index in [1.165, 1.54) is 0 Å². The van der Waals surface area contributed by atoms with Crippen molar-refractivity contribution in [2.24, 2.45) is 0 Å². The van der Waals surface area contributed by atoms with Gasteiger partial charge in [0.2, 0.25) is 5.91 Å². The zero-order valence-corrected chi connectivity index (χ0v) is 32.4. The zero-order chi connectivity index (χ0) is 37.9. The molecule has 3 aromatic carbocycles. The second-order valence-corrected chi connectivity index (χ2v) is 11.9. The highest BCUT2D eigenvalue weighted by atomic mass is 33.1. The maximum absolute atomic E-state index is 12.8. The lowest BCUT2D eigenvalue weighted by Gasteiger charge is -2.34. The highest BCUT2D eigenvalue weighted by Gasteiger charge is 2.21. The largest absolute Gasteiger partial charge is 0.493 e. The van der Waals surface area contributed by atoms with Gasteiger partial charge in [0.15, 0.2) is 11.5 Å². The monoisotopic (exact) mass is 746 g/mol. The number of pyridine rings is 1. The van der Waals surface area contributed by atoms with Crippen molar-refractivity contribution in [3.8, 4) is 23.0 Å². The maximum atomic E-state index is 12.8. The summed E-state index contributed by atoms with van der Waals surface area (Å²) in [5, 5.41) is 9.64. The molecule has 0 saturated carbocycles. The number of likely N-dealkylation sites (N-methyl/N-ethyl adjacent to an activating group) is 1. The van der Waals surface area contributed by atoms with Crippen molar-refractivity contribution in [1.82, 2.24) is 15.2 Å². The third kappa shape index (κ3) is 13.0. The third-order valence-electron chi connectivity index (χ3n) is 7.86. The number of allylic oxidation sites excluding steroid dienone is 2. The van der Waals surface area contributed by atoms with E-state index in [9.17, 15) is 9.59 Å². The van der Waals surface area contributed by atoms with Crippen molar-refractivity contribution >= 4 is 63.2 Å². The fraction of sp³-hybridized carbons (Fsp3) is 0.308. The second kappa shape index (κ2) is 22.2. The Morgan fingerprint density at radius 3 is 2.29 bits per heavy atom. The molecule has 5 rings (SSSR count). The van der Waals surface area contributed by atoms with Gasteiger partial charge in [0.1, 0.15) is 11.5 Å². The minimum Gasteiger partial charge on any atom is -0.493 e. The first-order chi connectivity index (χ1) is 25.2. The van der Waals surface area contributed by atoms with Gasteiger partial charge in [-0.25, -0.2) is 4.79 Å². The molecular weight excluding hydrogens is 697 g/mol. The quantitative estimate of drug-likeness (QED) is 0.0451. The average Bonchev–Trinajstić information content (AvgIpc) is 3.15. The van der Waals surface area contributed by atoms with E-state index in [1.54, 1.807) is 56.8 Å². The van der Waals surface area contributed by atoms with Gasteiger partial charge in [-0.15, -0.1) is 23.3 Å². The molecule has 11 nitrogen and oxygen atoms in total. The summed E-state index contributed by atoms with van der Waals surface area (Å²) in [5.74, 6) is 2.22. The lowest BCUT2D eigenvalue weighted by molar-refractivity contribution is -0.117. The van der Waals surface area contributed by atoms with Gasteiger partial charge in [-0.2, -0.15) is 0 Å². The number of fused-ring (bicyclic) bond motifs is 1. The molecule has 1 unspecified atom stereocenters. The summed E-state index contributed by atoms with van der Waals surface area (Å²) in [6, 6.07) is 20.0. The van der Waals surface area contributed by atoms with Crippen LogP contribution in [-0.2, 0) is 4.79 Å². The minimum atomic E-state index is -0.376. The van der Waals surface area contributed by atoms with Crippen molar-refractivity contribution in [3.05, 3.63) is 97.2 Å². The van der Waals surface area contributed by atoms with Gasteiger partial charge in [0.25, 0.3) is 0 Å². The van der Waals surface area contributed by atoms with E-state index in [1.807, 2.05) is 87.5 Å². The van der Waals surface area contributed by atoms with E-state index in [0.717, 1.165) is 43.5 Å². The number of benzene rings is 3. The van der Waals surface area contributed by atoms with E-state index >= 15 is 0 Å². The van der Waals surface area contributed by atoms with Crippen LogP contribution in [0.5, 0.6) is 23.0 Å². The number of carbonyl (C=O) groups is 2. The van der Waals surface area contributed by atoms with E-state index < -0.39 is 0 Å². The number of hydrogen-bond donors (Lipinski definition) is 5. The van der Waals surface area contributed by atoms with Crippen molar-refractivity contribution in [3.63, 3.8) is 0 Å². The lowest BCUT2D eigenvalue weighted by Crippen LogP contribution is -2.47. The Hall–Kier alpha value is -4.85. The maximum Gasteiger partial charge on any atom is 0.323 e. The highest BCUT2D eigenvalue weighted by Crippen LogP contribution is 2.37. The smallest absolute Gasteiger partial charge is 0.323 e. The van der Waals surface area contributed by atoms with Gasteiger partial charge in [0, 0.05) is 72.5 Å². The van der Waals surface area contributed by atoms with Crippen LogP contribution in [-0.4, -0.2) is 75.8 Å². The van der Waals surface area contributed by atoms with Crippen molar-refractivity contribution in [2.75, 3.05) is 63.5 Å². The molecule has 1 aliphatic heterocycles. The summed E-state index contributed by atoms with van der Waals surface area (Å²) >= 11 is 6.44. The molecule has 278 valence electrons. The minimum absolute atomic E-state index is 0.0658. The Morgan fingerprint density at radius 1 is 0.923 bits per heavy atom. The molecule has 3 amide bonds. The van der Waals surface area contributed by atoms with Gasteiger partial charge >= 0.3 is 6.03 Å². The number of piperidine rings is 1. The molecule has 1 aromatic heterocycles. The second-order valence-electron chi connectivity index (χ2n) is 11.9. The highest BCUT2D eigenvalue weighted by molar-refractivity contribution is 8.59. The van der Waals surface area contributed by atoms with E-state index in [4.69, 9.17) is 14.2 Å². The fourth-order valence-electron chi connectivity index (χ4n) is 5.30. The van der Waals surface area contributed by atoms with Crippen LogP contribution in [0.15, 0.2) is 97.2 Å². The van der Waals surface area contributed by atoms with E-state index in [2.05, 4.69) is 49.2 Å². The number of ether oxygens (including phenoxy) is 3. The number of thiol groups is 2. The number of hydrogen-bond acceptors (Lipinski definition) is 10. The summed E-state index contributed by atoms with van der Waals surface area (Å²) in [5.41, 5.74) is 2.97. The first-order valence-corrected chi connectivity index (χ1v) is 18.4. The molecule has 4 aromatic rings. The Balaban J connectivity index is 0.00000114. The standard InChI is InChI=1S/C35H40N6O5.C4H8.H2S2/c1-40(2)18-7-11-34(42)37-26-9-6-19-41(23-26)27-14-12-24(13-15-27)38-35(43)39-25-8-5-10-28(20-25)46-31-16-17-36-30-22-33(45-4)32(44-3)21-29(30)31;1-3-4-2;1-2/h5,7-8,10-17,20-22,26H,6,9,18-19,23H2,1-4H3,(H,37,42)(H2,38,39,43);3-4H,1-2H3;1-2H/b11-7+;4-3+;. The summed E-state index contributed by atoms with van der Waals surface area (Å²) < 4.78 is 17.0. The lowest BCUT2D eigenvalue weighted by atomic mass is 10.0. The number of carbonyl (C=O) groups excluding carboxylic acids is 2. The van der Waals surface area contributed by atoms with Crippen molar-refractivity contribution in [1.29, 1.82) is 0 Å². The number of urea groups is 1. The number of anilines is 3. The molecule has 0 spiro atoms. The number of nitrogens with one attached hydrogen (secondary N) is 3. The van der Waals surface area contributed by atoms with Crippen LogP contribution < -0.4 is 35.1 Å². The molecule has 1 fully saturated rings. The number of nitrogens with zero attached hydrogens (tertiary/aromatic N) is 3. The number of amides is 3. The average molecular weight is 747 g/mol.